The molecule has 0 saturated heterocycles. The van der Waals surface area contributed by atoms with Crippen LogP contribution in [0.5, 0.6) is 0 Å². The van der Waals surface area contributed by atoms with E-state index in [0.717, 1.165) is 16.5 Å². The normalized spacial score (nSPS) is 12.3. The lowest BCUT2D eigenvalue weighted by Crippen LogP contribution is -2.11. The van der Waals surface area contributed by atoms with Crippen LogP contribution >= 0.6 is 0 Å². The van der Waals surface area contributed by atoms with Gasteiger partial charge in [0, 0.05) is 23.2 Å². The van der Waals surface area contributed by atoms with Gasteiger partial charge in [-0.2, -0.15) is 0 Å². The fraction of sp³-hybridized carbons (Fsp3) is 0.238. The maximum absolute atomic E-state index is 12.2. The van der Waals surface area contributed by atoms with E-state index >= 15 is 0 Å². The number of aromatic nitrogens is 2. The average molecular weight is 332 g/mol. The summed E-state index contributed by atoms with van der Waals surface area (Å²) in [5.41, 5.74) is 3.78. The van der Waals surface area contributed by atoms with Crippen LogP contribution in [0.1, 0.15) is 36.7 Å². The molecule has 2 aromatic carbocycles. The van der Waals surface area contributed by atoms with Gasteiger partial charge in [-0.05, 0) is 29.2 Å². The van der Waals surface area contributed by atoms with Gasteiger partial charge in [-0.25, -0.2) is 9.78 Å². The summed E-state index contributed by atoms with van der Waals surface area (Å²) in [5, 5.41) is 12.3. The number of hydrogen-bond acceptors (Lipinski definition) is 2. The molecule has 4 nitrogen and oxygen atoms in total. The molecule has 25 heavy (non-hydrogen) atoms. The zero-order chi connectivity index (χ0) is 17.9. The number of rotatable bonds is 1. The molecule has 0 fully saturated rings. The molecular formula is C21H20N2O2. The first-order chi connectivity index (χ1) is 11.8. The SMILES string of the molecule is Cn1c2ccccc2c2c(C(=O)O)c3cc(C(C)(C)C)ccc3nc21. The van der Waals surface area contributed by atoms with Crippen molar-refractivity contribution in [3.8, 4) is 0 Å². The summed E-state index contributed by atoms with van der Waals surface area (Å²) in [6.07, 6.45) is 0. The van der Waals surface area contributed by atoms with E-state index in [2.05, 4.69) is 20.8 Å². The van der Waals surface area contributed by atoms with Gasteiger partial charge >= 0.3 is 5.97 Å². The number of aryl methyl sites for hydroxylation is 1. The highest BCUT2D eigenvalue weighted by Crippen LogP contribution is 2.35. The monoisotopic (exact) mass is 332 g/mol. The number of benzene rings is 2. The van der Waals surface area contributed by atoms with Gasteiger partial charge in [0.05, 0.1) is 16.6 Å². The van der Waals surface area contributed by atoms with Crippen molar-refractivity contribution >= 4 is 38.8 Å². The van der Waals surface area contributed by atoms with Crippen LogP contribution in [0.3, 0.4) is 0 Å². The number of hydrogen-bond donors (Lipinski definition) is 1. The van der Waals surface area contributed by atoms with Crippen LogP contribution in [0.2, 0.25) is 0 Å². The summed E-state index contributed by atoms with van der Waals surface area (Å²) < 4.78 is 1.97. The molecule has 1 N–H and O–H groups in total. The summed E-state index contributed by atoms with van der Waals surface area (Å²) in [6.45, 7) is 6.37. The van der Waals surface area contributed by atoms with Crippen molar-refractivity contribution < 1.29 is 9.90 Å². The second-order valence-corrected chi connectivity index (χ2v) is 7.55. The maximum Gasteiger partial charge on any atom is 0.337 e. The van der Waals surface area contributed by atoms with Crippen molar-refractivity contribution in [1.29, 1.82) is 0 Å². The number of fused-ring (bicyclic) bond motifs is 4. The van der Waals surface area contributed by atoms with Crippen molar-refractivity contribution in [3.05, 3.63) is 53.6 Å². The lowest BCUT2D eigenvalue weighted by atomic mass is 9.85. The molecule has 2 aromatic heterocycles. The Morgan fingerprint density at radius 2 is 1.80 bits per heavy atom. The third kappa shape index (κ3) is 2.21. The van der Waals surface area contributed by atoms with E-state index < -0.39 is 5.97 Å². The molecule has 0 aliphatic heterocycles. The quantitative estimate of drug-likeness (QED) is 0.541. The number of carboxylic acid groups (broad SMARTS) is 1. The molecule has 0 bridgehead atoms. The summed E-state index contributed by atoms with van der Waals surface area (Å²) in [5.74, 6) is -0.917. The first-order valence-corrected chi connectivity index (χ1v) is 8.33. The van der Waals surface area contributed by atoms with Crippen LogP contribution < -0.4 is 0 Å². The Bertz CT molecular complexity index is 1160. The Balaban J connectivity index is 2.27. The minimum atomic E-state index is -0.917. The largest absolute Gasteiger partial charge is 0.478 e. The van der Waals surface area contributed by atoms with Crippen LogP contribution in [0.25, 0.3) is 32.8 Å². The van der Waals surface area contributed by atoms with E-state index in [4.69, 9.17) is 4.98 Å². The highest BCUT2D eigenvalue weighted by atomic mass is 16.4. The molecule has 0 atom stereocenters. The topological polar surface area (TPSA) is 55.1 Å². The van der Waals surface area contributed by atoms with E-state index in [9.17, 15) is 9.90 Å². The minimum absolute atomic E-state index is 0.0579. The van der Waals surface area contributed by atoms with Gasteiger partial charge in [0.2, 0.25) is 0 Å². The van der Waals surface area contributed by atoms with E-state index in [1.807, 2.05) is 54.1 Å². The van der Waals surface area contributed by atoms with Crippen LogP contribution in [-0.2, 0) is 12.5 Å². The summed E-state index contributed by atoms with van der Waals surface area (Å²) in [6, 6.07) is 13.8. The van der Waals surface area contributed by atoms with Crippen molar-refractivity contribution in [3.63, 3.8) is 0 Å². The third-order valence-corrected chi connectivity index (χ3v) is 4.90. The number of aromatic carboxylic acids is 1. The molecule has 0 amide bonds. The molecule has 4 aromatic rings. The Hall–Kier alpha value is -2.88. The molecule has 0 spiro atoms. The van der Waals surface area contributed by atoms with Crippen LogP contribution in [-0.4, -0.2) is 20.6 Å². The summed E-state index contributed by atoms with van der Waals surface area (Å²) >= 11 is 0. The molecule has 0 aliphatic carbocycles. The van der Waals surface area contributed by atoms with Gasteiger partial charge < -0.3 is 9.67 Å². The number of nitrogens with zero attached hydrogens (tertiary/aromatic N) is 2. The van der Waals surface area contributed by atoms with Gasteiger partial charge in [-0.3, -0.25) is 0 Å². The first kappa shape index (κ1) is 15.6. The van der Waals surface area contributed by atoms with E-state index in [0.29, 0.717) is 27.5 Å². The smallest absolute Gasteiger partial charge is 0.337 e. The molecule has 4 heteroatoms. The van der Waals surface area contributed by atoms with E-state index in [-0.39, 0.29) is 5.41 Å². The molecular weight excluding hydrogens is 312 g/mol. The van der Waals surface area contributed by atoms with E-state index in [1.165, 1.54) is 0 Å². The Labute approximate surface area is 145 Å². The Kier molecular flexibility index (Phi) is 3.16. The molecule has 0 unspecified atom stereocenters. The van der Waals surface area contributed by atoms with Gasteiger partial charge in [0.25, 0.3) is 0 Å². The molecule has 4 rings (SSSR count). The van der Waals surface area contributed by atoms with Crippen LogP contribution in [0.15, 0.2) is 42.5 Å². The number of carbonyl (C=O) groups is 1. The lowest BCUT2D eigenvalue weighted by molar-refractivity contribution is 0.0701. The van der Waals surface area contributed by atoms with Gasteiger partial charge in [0.1, 0.15) is 5.65 Å². The second kappa shape index (κ2) is 5.06. The summed E-state index contributed by atoms with van der Waals surface area (Å²) in [4.78, 5) is 17.0. The lowest BCUT2D eigenvalue weighted by Gasteiger charge is -2.20. The Morgan fingerprint density at radius 1 is 1.08 bits per heavy atom. The van der Waals surface area contributed by atoms with Crippen LogP contribution in [0.4, 0.5) is 0 Å². The Morgan fingerprint density at radius 3 is 2.48 bits per heavy atom. The predicted octanol–water partition coefficient (Wildman–Crippen LogP) is 4.88. The van der Waals surface area contributed by atoms with Crippen molar-refractivity contribution in [2.24, 2.45) is 7.05 Å². The second-order valence-electron chi connectivity index (χ2n) is 7.55. The number of para-hydroxylation sites is 1. The zero-order valence-electron chi connectivity index (χ0n) is 14.8. The van der Waals surface area contributed by atoms with Crippen molar-refractivity contribution in [2.75, 3.05) is 0 Å². The van der Waals surface area contributed by atoms with Crippen molar-refractivity contribution in [1.82, 2.24) is 9.55 Å². The number of pyridine rings is 1. The van der Waals surface area contributed by atoms with Gasteiger partial charge in [-0.1, -0.05) is 45.0 Å². The summed E-state index contributed by atoms with van der Waals surface area (Å²) in [7, 11) is 1.93. The highest BCUT2D eigenvalue weighted by Gasteiger charge is 2.22. The molecule has 2 heterocycles. The molecule has 0 aliphatic rings. The number of carboxylic acids is 1. The minimum Gasteiger partial charge on any atom is -0.478 e. The van der Waals surface area contributed by atoms with Gasteiger partial charge in [-0.15, -0.1) is 0 Å². The third-order valence-electron chi connectivity index (χ3n) is 4.90. The van der Waals surface area contributed by atoms with Crippen molar-refractivity contribution in [2.45, 2.75) is 26.2 Å². The average Bonchev–Trinajstić information content (AvgIpc) is 2.84. The zero-order valence-corrected chi connectivity index (χ0v) is 14.8. The maximum atomic E-state index is 12.2. The highest BCUT2D eigenvalue weighted by molar-refractivity contribution is 6.21. The first-order valence-electron chi connectivity index (χ1n) is 8.33. The standard InChI is InChI=1S/C21H20N2O2/c1-21(2,3)12-9-10-15-14(11-12)18(20(24)25)17-13-7-5-6-8-16(13)23(4)19(17)22-15/h5-11H,1-4H3,(H,24,25). The van der Waals surface area contributed by atoms with Gasteiger partial charge in [0.15, 0.2) is 0 Å². The molecule has 0 saturated carbocycles. The fourth-order valence-electron chi connectivity index (χ4n) is 3.53. The molecule has 0 radical (unpaired) electrons. The fourth-order valence-corrected chi connectivity index (χ4v) is 3.53. The predicted molar refractivity (Wildman–Crippen MR) is 101 cm³/mol. The molecule has 126 valence electrons. The van der Waals surface area contributed by atoms with E-state index in [1.54, 1.807) is 0 Å². The van der Waals surface area contributed by atoms with Crippen LogP contribution in [0, 0.1) is 0 Å².